The lowest BCUT2D eigenvalue weighted by molar-refractivity contribution is -0.115. The second-order valence-corrected chi connectivity index (χ2v) is 9.01. The number of aromatic hydroxyl groups is 1. The van der Waals surface area contributed by atoms with Crippen molar-refractivity contribution in [1.29, 1.82) is 0 Å². The molecule has 0 aliphatic carbocycles. The molecule has 1 heterocycles. The van der Waals surface area contributed by atoms with Crippen molar-refractivity contribution in [3.8, 4) is 5.75 Å². The zero-order valence-electron chi connectivity index (χ0n) is 15.8. The molecule has 156 valence electrons. The third-order valence-corrected chi connectivity index (χ3v) is 6.82. The fourth-order valence-corrected chi connectivity index (χ4v) is 4.66. The Kier molecular flexibility index (Phi) is 6.38. The van der Waals surface area contributed by atoms with Crippen molar-refractivity contribution in [3.05, 3.63) is 71.1 Å². The maximum absolute atomic E-state index is 12.3. The van der Waals surface area contributed by atoms with Crippen LogP contribution in [0.5, 0.6) is 5.75 Å². The van der Waals surface area contributed by atoms with E-state index in [1.165, 1.54) is 31.4 Å². The Hall–Kier alpha value is -3.37. The molecular formula is C20H18N2O6S2. The zero-order valence-corrected chi connectivity index (χ0v) is 17.4. The largest absolute Gasteiger partial charge is 0.505 e. The highest BCUT2D eigenvalue weighted by molar-refractivity contribution is 7.94. The molecule has 0 unspecified atom stereocenters. The maximum Gasteiger partial charge on any atom is 0.341 e. The van der Waals surface area contributed by atoms with E-state index in [0.29, 0.717) is 11.3 Å². The molecule has 0 spiro atoms. The van der Waals surface area contributed by atoms with Crippen LogP contribution in [0, 0.1) is 0 Å². The number of phenols is 1. The first-order valence-electron chi connectivity index (χ1n) is 8.65. The molecule has 1 aromatic heterocycles. The Morgan fingerprint density at radius 3 is 2.43 bits per heavy atom. The van der Waals surface area contributed by atoms with Gasteiger partial charge >= 0.3 is 5.97 Å². The molecule has 0 aliphatic rings. The average molecular weight is 447 g/mol. The van der Waals surface area contributed by atoms with E-state index in [2.05, 4.69) is 14.8 Å². The predicted octanol–water partition coefficient (Wildman–Crippen LogP) is 3.22. The molecule has 2 aromatic carbocycles. The number of methoxy groups -OCH3 is 1. The average Bonchev–Trinajstić information content (AvgIpc) is 3.26. The number of benzene rings is 2. The minimum Gasteiger partial charge on any atom is -0.505 e. The van der Waals surface area contributed by atoms with Crippen molar-refractivity contribution in [1.82, 2.24) is 0 Å². The van der Waals surface area contributed by atoms with Crippen LogP contribution in [0.2, 0.25) is 0 Å². The number of para-hydroxylation sites is 1. The lowest BCUT2D eigenvalue weighted by Crippen LogP contribution is -2.15. The van der Waals surface area contributed by atoms with Gasteiger partial charge in [0.2, 0.25) is 5.91 Å². The van der Waals surface area contributed by atoms with E-state index in [9.17, 15) is 23.1 Å². The van der Waals surface area contributed by atoms with E-state index in [1.54, 1.807) is 35.7 Å². The number of rotatable bonds is 7. The van der Waals surface area contributed by atoms with Crippen molar-refractivity contribution in [2.45, 2.75) is 10.6 Å². The normalized spacial score (nSPS) is 11.0. The Balaban J connectivity index is 1.65. The lowest BCUT2D eigenvalue weighted by Gasteiger charge is -2.10. The number of hydrogen-bond donors (Lipinski definition) is 3. The molecule has 0 saturated carbocycles. The van der Waals surface area contributed by atoms with Crippen molar-refractivity contribution in [3.63, 3.8) is 0 Å². The Morgan fingerprint density at radius 2 is 1.80 bits per heavy atom. The van der Waals surface area contributed by atoms with Gasteiger partial charge in [-0.25, -0.2) is 13.2 Å². The van der Waals surface area contributed by atoms with Crippen LogP contribution in [0.4, 0.5) is 11.4 Å². The second-order valence-electron chi connectivity index (χ2n) is 6.15. The van der Waals surface area contributed by atoms with Crippen LogP contribution in [0.3, 0.4) is 0 Å². The molecule has 8 nitrogen and oxygen atoms in total. The third kappa shape index (κ3) is 4.97. The number of hydrogen-bond acceptors (Lipinski definition) is 7. The molecule has 1 amide bonds. The summed E-state index contributed by atoms with van der Waals surface area (Å²) in [4.78, 5) is 23.9. The Labute approximate surface area is 177 Å². The van der Waals surface area contributed by atoms with Crippen LogP contribution in [0.1, 0.15) is 15.9 Å². The van der Waals surface area contributed by atoms with E-state index < -0.39 is 21.9 Å². The van der Waals surface area contributed by atoms with Crippen molar-refractivity contribution >= 4 is 44.6 Å². The van der Waals surface area contributed by atoms with Gasteiger partial charge in [-0.2, -0.15) is 0 Å². The molecule has 0 saturated heterocycles. The van der Waals surface area contributed by atoms with E-state index in [-0.39, 0.29) is 27.6 Å². The summed E-state index contributed by atoms with van der Waals surface area (Å²) in [6, 6.07) is 13.9. The fourth-order valence-electron chi connectivity index (χ4n) is 2.61. The number of esters is 1. The van der Waals surface area contributed by atoms with Gasteiger partial charge in [0.05, 0.1) is 19.2 Å². The minimum atomic E-state index is -3.64. The molecule has 30 heavy (non-hydrogen) atoms. The van der Waals surface area contributed by atoms with Gasteiger partial charge in [-0.15, -0.1) is 11.3 Å². The molecule has 3 aromatic rings. The zero-order chi connectivity index (χ0) is 21.7. The number of phenolic OH excluding ortho intramolecular Hbond substituents is 1. The number of thiophene rings is 1. The van der Waals surface area contributed by atoms with Gasteiger partial charge in [0.15, 0.2) is 5.75 Å². The number of nitrogens with one attached hydrogen (secondary N) is 2. The van der Waals surface area contributed by atoms with Crippen LogP contribution in [0.25, 0.3) is 0 Å². The van der Waals surface area contributed by atoms with Gasteiger partial charge in [-0.1, -0.05) is 24.3 Å². The van der Waals surface area contributed by atoms with E-state index in [4.69, 9.17) is 0 Å². The van der Waals surface area contributed by atoms with Gasteiger partial charge in [0.25, 0.3) is 10.0 Å². The molecule has 3 rings (SSSR count). The van der Waals surface area contributed by atoms with Crippen LogP contribution in [-0.4, -0.2) is 32.5 Å². The summed E-state index contributed by atoms with van der Waals surface area (Å²) in [6.45, 7) is 0. The molecule has 0 fully saturated rings. The number of ether oxygens (including phenoxy) is 1. The van der Waals surface area contributed by atoms with Gasteiger partial charge in [-0.3, -0.25) is 9.52 Å². The van der Waals surface area contributed by atoms with E-state index in [0.717, 1.165) is 11.3 Å². The summed E-state index contributed by atoms with van der Waals surface area (Å²) < 4.78 is 31.7. The van der Waals surface area contributed by atoms with Crippen LogP contribution < -0.4 is 10.0 Å². The van der Waals surface area contributed by atoms with Gasteiger partial charge in [0, 0.05) is 5.69 Å². The third-order valence-electron chi connectivity index (χ3n) is 4.05. The van der Waals surface area contributed by atoms with Gasteiger partial charge in [-0.05, 0) is 41.3 Å². The van der Waals surface area contributed by atoms with Gasteiger partial charge in [0.1, 0.15) is 9.77 Å². The summed E-state index contributed by atoms with van der Waals surface area (Å²) >= 11 is 1.11. The first-order valence-corrected chi connectivity index (χ1v) is 11.0. The van der Waals surface area contributed by atoms with Crippen LogP contribution in [-0.2, 0) is 26.0 Å². The van der Waals surface area contributed by atoms with Gasteiger partial charge < -0.3 is 15.2 Å². The summed E-state index contributed by atoms with van der Waals surface area (Å²) in [6.07, 6.45) is -0.0140. The molecule has 0 radical (unpaired) electrons. The van der Waals surface area contributed by atoms with Crippen molar-refractivity contribution < 1.29 is 27.9 Å². The SMILES string of the molecule is COC(=O)c1cccc(NC(=O)Cc2ccc(NS(=O)(=O)c3cccs3)cc2)c1O. The Bertz CT molecular complexity index is 1160. The quantitative estimate of drug-likeness (QED) is 0.378. The maximum atomic E-state index is 12.3. The van der Waals surface area contributed by atoms with Crippen LogP contribution >= 0.6 is 11.3 Å². The Morgan fingerprint density at radius 1 is 1.07 bits per heavy atom. The standard InChI is InChI=1S/C20H18N2O6S2/c1-28-20(25)15-4-2-5-16(19(15)24)21-17(23)12-13-7-9-14(10-8-13)22-30(26,27)18-6-3-11-29-18/h2-11,22,24H,12H2,1H3,(H,21,23). The number of anilines is 2. The number of amides is 1. The molecule has 0 bridgehead atoms. The molecule has 0 atom stereocenters. The first-order chi connectivity index (χ1) is 14.3. The molecular weight excluding hydrogens is 428 g/mol. The number of carbonyl (C=O) groups excluding carboxylic acids is 2. The first kappa shape index (κ1) is 21.3. The summed E-state index contributed by atoms with van der Waals surface area (Å²) in [5.74, 6) is -1.51. The highest BCUT2D eigenvalue weighted by Crippen LogP contribution is 2.28. The molecule has 3 N–H and O–H groups in total. The minimum absolute atomic E-state index is 0.0140. The molecule has 10 heteroatoms. The predicted molar refractivity (Wildman–Crippen MR) is 113 cm³/mol. The summed E-state index contributed by atoms with van der Waals surface area (Å²) in [5, 5.41) is 14.4. The van der Waals surface area contributed by atoms with E-state index >= 15 is 0 Å². The van der Waals surface area contributed by atoms with Crippen LogP contribution in [0.15, 0.2) is 64.2 Å². The number of sulfonamides is 1. The summed E-state index contributed by atoms with van der Waals surface area (Å²) in [7, 11) is -2.45. The smallest absolute Gasteiger partial charge is 0.341 e. The highest BCUT2D eigenvalue weighted by Gasteiger charge is 2.17. The molecule has 0 aliphatic heterocycles. The van der Waals surface area contributed by atoms with Crippen molar-refractivity contribution in [2.75, 3.05) is 17.1 Å². The second kappa shape index (κ2) is 8.97. The highest BCUT2D eigenvalue weighted by atomic mass is 32.2. The monoisotopic (exact) mass is 446 g/mol. The van der Waals surface area contributed by atoms with Crippen molar-refractivity contribution in [2.24, 2.45) is 0 Å². The fraction of sp³-hybridized carbons (Fsp3) is 0.100. The topological polar surface area (TPSA) is 122 Å². The lowest BCUT2D eigenvalue weighted by atomic mass is 10.1. The van der Waals surface area contributed by atoms with E-state index in [1.807, 2.05) is 0 Å². The summed E-state index contributed by atoms with van der Waals surface area (Å²) in [5.41, 5.74) is 1.03. The number of carbonyl (C=O) groups is 2.